The van der Waals surface area contributed by atoms with Crippen LogP contribution in [0.3, 0.4) is 0 Å². The SMILES string of the molecule is CCN(CCCCCC(=O)N[C@@H]1CCCC[C@H]1NC(=O)CCCCCN(CC)Cc1ccccc1OC)Cc1ccccc1OC. The summed E-state index contributed by atoms with van der Waals surface area (Å²) in [4.78, 5) is 30.5. The van der Waals surface area contributed by atoms with Crippen molar-refractivity contribution in [2.45, 2.75) is 116 Å². The van der Waals surface area contributed by atoms with Gasteiger partial charge in [-0.25, -0.2) is 0 Å². The Morgan fingerprint density at radius 3 is 1.46 bits per heavy atom. The van der Waals surface area contributed by atoms with Gasteiger partial charge in [-0.15, -0.1) is 0 Å². The summed E-state index contributed by atoms with van der Waals surface area (Å²) in [6.45, 7) is 10.1. The van der Waals surface area contributed by atoms with Crippen LogP contribution in [-0.2, 0) is 22.7 Å². The highest BCUT2D eigenvalue weighted by atomic mass is 16.5. The third-order valence-corrected chi connectivity index (χ3v) is 9.28. The highest BCUT2D eigenvalue weighted by molar-refractivity contribution is 5.77. The van der Waals surface area contributed by atoms with Crippen LogP contribution in [0.4, 0.5) is 0 Å². The molecule has 1 aliphatic rings. The van der Waals surface area contributed by atoms with Gasteiger partial charge in [0.2, 0.25) is 11.8 Å². The van der Waals surface area contributed by atoms with E-state index in [1.54, 1.807) is 14.2 Å². The first-order valence-electron chi connectivity index (χ1n) is 17.7. The minimum absolute atomic E-state index is 0.0368. The van der Waals surface area contributed by atoms with Crippen molar-refractivity contribution in [3.8, 4) is 11.5 Å². The van der Waals surface area contributed by atoms with Crippen LogP contribution >= 0.6 is 0 Å². The van der Waals surface area contributed by atoms with Crippen LogP contribution in [-0.4, -0.2) is 74.1 Å². The lowest BCUT2D eigenvalue weighted by molar-refractivity contribution is -0.125. The molecule has 1 fully saturated rings. The number of nitrogens with one attached hydrogen (secondary N) is 2. The van der Waals surface area contributed by atoms with E-state index in [2.05, 4.69) is 58.5 Å². The van der Waals surface area contributed by atoms with Crippen molar-refractivity contribution in [1.29, 1.82) is 0 Å². The molecule has 2 N–H and O–H groups in total. The second kappa shape index (κ2) is 21.6. The average Bonchev–Trinajstić information content (AvgIpc) is 3.08. The summed E-state index contributed by atoms with van der Waals surface area (Å²) in [6.07, 6.45) is 11.1. The number of amides is 2. The molecule has 0 aromatic heterocycles. The van der Waals surface area contributed by atoms with E-state index in [1.165, 1.54) is 11.1 Å². The largest absolute Gasteiger partial charge is 0.496 e. The van der Waals surface area contributed by atoms with Crippen LogP contribution in [0.2, 0.25) is 0 Å². The van der Waals surface area contributed by atoms with Gasteiger partial charge in [-0.2, -0.15) is 0 Å². The lowest BCUT2D eigenvalue weighted by Crippen LogP contribution is -2.53. The molecule has 2 aromatic carbocycles. The van der Waals surface area contributed by atoms with Crippen molar-refractivity contribution in [3.63, 3.8) is 0 Å². The number of rotatable bonds is 22. The smallest absolute Gasteiger partial charge is 0.220 e. The number of carbonyl (C=O) groups is 2. The Labute approximate surface area is 278 Å². The molecule has 256 valence electrons. The number of ether oxygens (including phenoxy) is 2. The molecule has 0 bridgehead atoms. The molecule has 0 unspecified atom stereocenters. The van der Waals surface area contributed by atoms with E-state index in [4.69, 9.17) is 9.47 Å². The van der Waals surface area contributed by atoms with Crippen LogP contribution in [0.15, 0.2) is 48.5 Å². The summed E-state index contributed by atoms with van der Waals surface area (Å²) in [5, 5.41) is 6.52. The number of carbonyl (C=O) groups excluding carboxylic acids is 2. The Hall–Kier alpha value is -3.10. The number of hydrogen-bond acceptors (Lipinski definition) is 6. The average molecular weight is 637 g/mol. The molecule has 3 rings (SSSR count). The van der Waals surface area contributed by atoms with Gasteiger partial charge in [-0.3, -0.25) is 19.4 Å². The predicted octanol–water partition coefficient (Wildman–Crippen LogP) is 6.71. The number of benzene rings is 2. The van der Waals surface area contributed by atoms with Crippen LogP contribution in [0.5, 0.6) is 11.5 Å². The maximum atomic E-state index is 12.8. The fraction of sp³-hybridized carbons (Fsp3) is 0.632. The third kappa shape index (κ3) is 13.3. The van der Waals surface area contributed by atoms with Gasteiger partial charge in [-0.05, 0) is 76.8 Å². The van der Waals surface area contributed by atoms with Gasteiger partial charge in [0.1, 0.15) is 11.5 Å². The molecule has 2 atom stereocenters. The van der Waals surface area contributed by atoms with E-state index >= 15 is 0 Å². The van der Waals surface area contributed by atoms with Crippen LogP contribution in [0.25, 0.3) is 0 Å². The molecule has 8 heteroatoms. The molecule has 1 aliphatic carbocycles. The fourth-order valence-electron chi connectivity index (χ4n) is 6.48. The third-order valence-electron chi connectivity index (χ3n) is 9.28. The summed E-state index contributed by atoms with van der Waals surface area (Å²) < 4.78 is 11.0. The van der Waals surface area contributed by atoms with Gasteiger partial charge < -0.3 is 20.1 Å². The summed E-state index contributed by atoms with van der Waals surface area (Å²) >= 11 is 0. The summed E-state index contributed by atoms with van der Waals surface area (Å²) in [5.74, 6) is 2.10. The normalized spacial score (nSPS) is 16.4. The molecule has 46 heavy (non-hydrogen) atoms. The van der Waals surface area contributed by atoms with Crippen molar-refractivity contribution in [3.05, 3.63) is 59.7 Å². The number of hydrogen-bond donors (Lipinski definition) is 2. The van der Waals surface area contributed by atoms with Gasteiger partial charge in [0, 0.05) is 49.1 Å². The quantitative estimate of drug-likeness (QED) is 0.140. The molecule has 0 radical (unpaired) electrons. The Morgan fingerprint density at radius 1 is 0.652 bits per heavy atom. The minimum Gasteiger partial charge on any atom is -0.496 e. The van der Waals surface area contributed by atoms with E-state index < -0.39 is 0 Å². The topological polar surface area (TPSA) is 83.1 Å². The zero-order valence-electron chi connectivity index (χ0n) is 29.0. The fourth-order valence-corrected chi connectivity index (χ4v) is 6.48. The maximum absolute atomic E-state index is 12.8. The van der Waals surface area contributed by atoms with Crippen LogP contribution < -0.4 is 20.1 Å². The molecular weight excluding hydrogens is 576 g/mol. The van der Waals surface area contributed by atoms with Crippen molar-refractivity contribution in [1.82, 2.24) is 20.4 Å². The molecule has 0 aliphatic heterocycles. The van der Waals surface area contributed by atoms with Crippen molar-refractivity contribution >= 4 is 11.8 Å². The van der Waals surface area contributed by atoms with Crippen LogP contribution in [0.1, 0.15) is 102 Å². The Balaban J connectivity index is 1.29. The monoisotopic (exact) mass is 636 g/mol. The van der Waals surface area contributed by atoms with Gasteiger partial charge in [-0.1, -0.05) is 75.9 Å². The summed E-state index contributed by atoms with van der Waals surface area (Å²) in [5.41, 5.74) is 2.42. The lowest BCUT2D eigenvalue weighted by atomic mass is 9.90. The van der Waals surface area contributed by atoms with Gasteiger partial charge in [0.15, 0.2) is 0 Å². The van der Waals surface area contributed by atoms with Crippen LogP contribution in [0, 0.1) is 0 Å². The van der Waals surface area contributed by atoms with E-state index in [-0.39, 0.29) is 23.9 Å². The molecule has 0 heterocycles. The highest BCUT2D eigenvalue weighted by Crippen LogP contribution is 2.22. The molecule has 8 nitrogen and oxygen atoms in total. The zero-order valence-corrected chi connectivity index (χ0v) is 29.0. The first-order chi connectivity index (χ1) is 22.5. The van der Waals surface area contributed by atoms with E-state index in [0.29, 0.717) is 12.8 Å². The molecule has 0 saturated heterocycles. The molecule has 1 saturated carbocycles. The van der Waals surface area contributed by atoms with E-state index in [0.717, 1.165) is 115 Å². The Bertz CT molecular complexity index is 1070. The summed E-state index contributed by atoms with van der Waals surface area (Å²) in [7, 11) is 3.44. The Kier molecular flexibility index (Phi) is 17.6. The molecule has 2 aromatic rings. The second-order valence-electron chi connectivity index (χ2n) is 12.6. The molecular formula is C38H60N4O4. The zero-order chi connectivity index (χ0) is 33.0. The maximum Gasteiger partial charge on any atom is 0.220 e. The number of methoxy groups -OCH3 is 2. The minimum atomic E-state index is 0.0368. The first kappa shape index (κ1) is 37.4. The van der Waals surface area contributed by atoms with Gasteiger partial charge in [0.05, 0.1) is 14.2 Å². The van der Waals surface area contributed by atoms with Crippen molar-refractivity contribution in [2.75, 3.05) is 40.4 Å². The van der Waals surface area contributed by atoms with E-state index in [9.17, 15) is 9.59 Å². The van der Waals surface area contributed by atoms with Gasteiger partial charge in [0.25, 0.3) is 0 Å². The molecule has 2 amide bonds. The Morgan fingerprint density at radius 2 is 1.07 bits per heavy atom. The highest BCUT2D eigenvalue weighted by Gasteiger charge is 2.27. The number of nitrogens with zero attached hydrogens (tertiary/aromatic N) is 2. The van der Waals surface area contributed by atoms with Crippen molar-refractivity contribution in [2.24, 2.45) is 0 Å². The number of unbranched alkanes of at least 4 members (excludes halogenated alkanes) is 4. The first-order valence-corrected chi connectivity index (χ1v) is 17.7. The standard InChI is InChI=1S/C38H60N4O4/c1-5-41(29-31-19-11-15-23-35(31)45-3)27-17-7-9-25-37(43)39-33-21-13-14-22-34(33)40-38(44)26-10-8-18-28-42(6-2)30-32-20-12-16-24-36(32)46-4/h11-12,15-16,19-20,23-24,33-34H,5-10,13-14,17-18,21-22,25-30H2,1-4H3,(H,39,43)(H,40,44)/t33-,34-/m1/s1. The summed E-state index contributed by atoms with van der Waals surface area (Å²) in [6, 6.07) is 16.5. The lowest BCUT2D eigenvalue weighted by Gasteiger charge is -2.33. The van der Waals surface area contributed by atoms with E-state index in [1.807, 2.05) is 24.3 Å². The van der Waals surface area contributed by atoms with Gasteiger partial charge >= 0.3 is 0 Å². The second-order valence-corrected chi connectivity index (χ2v) is 12.6. The molecule has 0 spiro atoms. The van der Waals surface area contributed by atoms with Crippen molar-refractivity contribution < 1.29 is 19.1 Å². The predicted molar refractivity (Wildman–Crippen MR) is 187 cm³/mol. The number of para-hydroxylation sites is 2.